The van der Waals surface area contributed by atoms with Gasteiger partial charge in [-0.3, -0.25) is 9.78 Å². The molecule has 3 rings (SSSR count). The van der Waals surface area contributed by atoms with Crippen molar-refractivity contribution >= 4 is 45.4 Å². The average molecular weight is 291 g/mol. The molecule has 2 aromatic heterocycles. The Morgan fingerprint density at radius 3 is 2.89 bits per heavy atom. The highest BCUT2D eigenvalue weighted by atomic mass is 35.5. The molecule has 94 valence electrons. The van der Waals surface area contributed by atoms with Crippen LogP contribution in [-0.4, -0.2) is 21.1 Å². The van der Waals surface area contributed by atoms with Gasteiger partial charge in [-0.1, -0.05) is 29.5 Å². The number of halogens is 1. The molecule has 0 saturated heterocycles. The van der Waals surface area contributed by atoms with Crippen LogP contribution in [0.5, 0.6) is 0 Å². The molecule has 0 spiro atoms. The van der Waals surface area contributed by atoms with Crippen LogP contribution in [0, 0.1) is 0 Å². The number of carbonyl (C=O) groups is 1. The zero-order valence-corrected chi connectivity index (χ0v) is 11.1. The summed E-state index contributed by atoms with van der Waals surface area (Å²) in [4.78, 5) is 16.1. The van der Waals surface area contributed by atoms with Crippen molar-refractivity contribution in [2.24, 2.45) is 0 Å². The standard InChI is InChI=1S/C12H7ClN4OS/c13-12-17-16-11(19-12)10(18)15-8-5-7-3-1-2-4-9(7)14-6-8/h1-6H,(H,15,18). The Bertz CT molecular complexity index is 758. The van der Waals surface area contributed by atoms with E-state index in [2.05, 4.69) is 20.5 Å². The summed E-state index contributed by atoms with van der Waals surface area (Å²) >= 11 is 6.67. The Morgan fingerprint density at radius 1 is 1.26 bits per heavy atom. The van der Waals surface area contributed by atoms with E-state index < -0.39 is 0 Å². The molecule has 2 heterocycles. The second-order valence-electron chi connectivity index (χ2n) is 3.73. The molecular formula is C12H7ClN4OS. The second kappa shape index (κ2) is 4.91. The molecule has 7 heteroatoms. The van der Waals surface area contributed by atoms with Gasteiger partial charge in [0.2, 0.25) is 9.47 Å². The van der Waals surface area contributed by atoms with Gasteiger partial charge in [0.1, 0.15) is 0 Å². The largest absolute Gasteiger partial charge is 0.318 e. The first kappa shape index (κ1) is 12.0. The van der Waals surface area contributed by atoms with Crippen molar-refractivity contribution in [1.29, 1.82) is 0 Å². The van der Waals surface area contributed by atoms with E-state index >= 15 is 0 Å². The van der Waals surface area contributed by atoms with Crippen molar-refractivity contribution in [3.63, 3.8) is 0 Å². The molecule has 1 aromatic carbocycles. The lowest BCUT2D eigenvalue weighted by molar-refractivity contribution is 0.102. The van der Waals surface area contributed by atoms with E-state index in [9.17, 15) is 4.79 Å². The Labute approximate surface area is 117 Å². The number of nitrogens with zero attached hydrogens (tertiary/aromatic N) is 3. The van der Waals surface area contributed by atoms with Crippen LogP contribution in [0.15, 0.2) is 36.5 Å². The second-order valence-corrected chi connectivity index (χ2v) is 5.29. The third kappa shape index (κ3) is 2.54. The van der Waals surface area contributed by atoms with Crippen LogP contribution < -0.4 is 5.32 Å². The first-order valence-electron chi connectivity index (χ1n) is 5.37. The fraction of sp³-hybridized carbons (Fsp3) is 0. The van der Waals surface area contributed by atoms with Gasteiger partial charge in [-0.25, -0.2) is 0 Å². The smallest absolute Gasteiger partial charge is 0.286 e. The molecule has 1 N–H and O–H groups in total. The van der Waals surface area contributed by atoms with Gasteiger partial charge < -0.3 is 5.32 Å². The Hall–Kier alpha value is -2.05. The van der Waals surface area contributed by atoms with E-state index in [0.717, 1.165) is 22.2 Å². The van der Waals surface area contributed by atoms with Gasteiger partial charge in [-0.05, 0) is 23.7 Å². The van der Waals surface area contributed by atoms with Crippen molar-refractivity contribution in [3.05, 3.63) is 46.0 Å². The number of pyridine rings is 1. The summed E-state index contributed by atoms with van der Waals surface area (Å²) in [6, 6.07) is 9.52. The van der Waals surface area contributed by atoms with Gasteiger partial charge in [0.05, 0.1) is 17.4 Å². The van der Waals surface area contributed by atoms with E-state index in [4.69, 9.17) is 11.6 Å². The van der Waals surface area contributed by atoms with Crippen molar-refractivity contribution in [1.82, 2.24) is 15.2 Å². The highest BCUT2D eigenvalue weighted by molar-refractivity contribution is 7.17. The van der Waals surface area contributed by atoms with Crippen LogP contribution in [0.3, 0.4) is 0 Å². The molecule has 0 bridgehead atoms. The van der Waals surface area contributed by atoms with Gasteiger partial charge in [0.15, 0.2) is 0 Å². The van der Waals surface area contributed by atoms with Crippen LogP contribution in [0.25, 0.3) is 10.9 Å². The maximum atomic E-state index is 11.9. The molecule has 1 amide bonds. The first-order chi connectivity index (χ1) is 9.22. The van der Waals surface area contributed by atoms with Gasteiger partial charge in [0, 0.05) is 5.39 Å². The number of hydrogen-bond acceptors (Lipinski definition) is 5. The number of fused-ring (bicyclic) bond motifs is 1. The molecule has 19 heavy (non-hydrogen) atoms. The lowest BCUT2D eigenvalue weighted by atomic mass is 10.2. The number of amides is 1. The van der Waals surface area contributed by atoms with Crippen molar-refractivity contribution in [2.45, 2.75) is 0 Å². The number of nitrogens with one attached hydrogen (secondary N) is 1. The summed E-state index contributed by atoms with van der Waals surface area (Å²) in [5, 5.41) is 11.2. The SMILES string of the molecule is O=C(Nc1cnc2ccccc2c1)c1nnc(Cl)s1. The van der Waals surface area contributed by atoms with Gasteiger partial charge in [0.25, 0.3) is 5.91 Å². The predicted molar refractivity (Wildman–Crippen MR) is 74.6 cm³/mol. The van der Waals surface area contributed by atoms with Crippen molar-refractivity contribution < 1.29 is 4.79 Å². The molecule has 0 unspecified atom stereocenters. The number of hydrogen-bond donors (Lipinski definition) is 1. The van der Waals surface area contributed by atoms with Gasteiger partial charge in [-0.15, -0.1) is 10.2 Å². The molecular weight excluding hydrogens is 284 g/mol. The fourth-order valence-corrected chi connectivity index (χ4v) is 2.34. The molecule has 0 radical (unpaired) electrons. The fourth-order valence-electron chi connectivity index (χ4n) is 1.62. The lowest BCUT2D eigenvalue weighted by Gasteiger charge is -2.03. The van der Waals surface area contributed by atoms with E-state index in [1.54, 1.807) is 6.20 Å². The van der Waals surface area contributed by atoms with Gasteiger partial charge >= 0.3 is 0 Å². The number of rotatable bonds is 2. The lowest BCUT2D eigenvalue weighted by Crippen LogP contribution is -2.11. The van der Waals surface area contributed by atoms with E-state index in [1.165, 1.54) is 0 Å². The van der Waals surface area contributed by atoms with E-state index in [1.807, 2.05) is 30.3 Å². The molecule has 3 aromatic rings. The van der Waals surface area contributed by atoms with Crippen molar-refractivity contribution in [3.8, 4) is 0 Å². The summed E-state index contributed by atoms with van der Waals surface area (Å²) in [7, 11) is 0. The third-order valence-electron chi connectivity index (χ3n) is 2.44. The maximum absolute atomic E-state index is 11.9. The molecule has 0 aliphatic carbocycles. The molecule has 5 nitrogen and oxygen atoms in total. The van der Waals surface area contributed by atoms with E-state index in [-0.39, 0.29) is 15.4 Å². The minimum atomic E-state index is -0.346. The van der Waals surface area contributed by atoms with Crippen LogP contribution in [0.2, 0.25) is 4.47 Å². The zero-order chi connectivity index (χ0) is 13.2. The topological polar surface area (TPSA) is 67.8 Å². The molecule has 0 atom stereocenters. The minimum absolute atomic E-state index is 0.221. The zero-order valence-electron chi connectivity index (χ0n) is 9.50. The maximum Gasteiger partial charge on any atom is 0.286 e. The highest BCUT2D eigenvalue weighted by Crippen LogP contribution is 2.19. The predicted octanol–water partition coefficient (Wildman–Crippen LogP) is 2.99. The van der Waals surface area contributed by atoms with Crippen LogP contribution in [-0.2, 0) is 0 Å². The number of anilines is 1. The Balaban J connectivity index is 1.87. The number of carbonyl (C=O) groups excluding carboxylic acids is 1. The number of aromatic nitrogens is 3. The quantitative estimate of drug-likeness (QED) is 0.788. The average Bonchev–Trinajstić information content (AvgIpc) is 2.85. The summed E-state index contributed by atoms with van der Waals surface area (Å²) in [5.41, 5.74) is 1.48. The molecule has 0 aliphatic rings. The van der Waals surface area contributed by atoms with Gasteiger partial charge in [-0.2, -0.15) is 0 Å². The number of para-hydroxylation sites is 1. The summed E-state index contributed by atoms with van der Waals surface area (Å²) in [6.07, 6.45) is 1.60. The van der Waals surface area contributed by atoms with Crippen LogP contribution in [0.4, 0.5) is 5.69 Å². The van der Waals surface area contributed by atoms with Crippen LogP contribution in [0.1, 0.15) is 9.80 Å². The number of benzene rings is 1. The third-order valence-corrected chi connectivity index (χ3v) is 3.46. The van der Waals surface area contributed by atoms with Crippen molar-refractivity contribution in [2.75, 3.05) is 5.32 Å². The van der Waals surface area contributed by atoms with E-state index in [0.29, 0.717) is 5.69 Å². The minimum Gasteiger partial charge on any atom is -0.318 e. The summed E-state index contributed by atoms with van der Waals surface area (Å²) < 4.78 is 0.238. The Kier molecular flexibility index (Phi) is 3.10. The Morgan fingerprint density at radius 2 is 2.11 bits per heavy atom. The first-order valence-corrected chi connectivity index (χ1v) is 6.57. The molecule has 0 aliphatic heterocycles. The summed E-state index contributed by atoms with van der Waals surface area (Å²) in [5.74, 6) is -0.346. The van der Waals surface area contributed by atoms with Crippen LogP contribution >= 0.6 is 22.9 Å². The molecule has 0 fully saturated rings. The summed E-state index contributed by atoms with van der Waals surface area (Å²) in [6.45, 7) is 0. The highest BCUT2D eigenvalue weighted by Gasteiger charge is 2.12. The normalized spacial score (nSPS) is 10.6. The molecule has 0 saturated carbocycles. The monoisotopic (exact) mass is 290 g/mol.